The molecule has 2 aliphatic heterocycles. The zero-order valence-corrected chi connectivity index (χ0v) is 14.4. The number of carbonyl (C=O) groups is 1. The monoisotopic (exact) mass is 329 g/mol. The smallest absolute Gasteiger partial charge is 0.248 e. The highest BCUT2D eigenvalue weighted by Crippen LogP contribution is 2.15. The van der Waals surface area contributed by atoms with Gasteiger partial charge in [-0.25, -0.2) is 0 Å². The van der Waals surface area contributed by atoms with Crippen molar-refractivity contribution in [2.24, 2.45) is 0 Å². The Hall–Kier alpha value is -1.69. The fourth-order valence-corrected chi connectivity index (χ4v) is 3.19. The molecule has 5 nitrogen and oxygen atoms in total. The van der Waals surface area contributed by atoms with Crippen molar-refractivity contribution in [3.8, 4) is 0 Å². The van der Waals surface area contributed by atoms with Crippen LogP contribution in [0.3, 0.4) is 0 Å². The molecule has 1 aromatic carbocycles. The average Bonchev–Trinajstić information content (AvgIpc) is 2.55. The van der Waals surface area contributed by atoms with Crippen molar-refractivity contribution < 1.29 is 9.53 Å². The van der Waals surface area contributed by atoms with Crippen LogP contribution in [0.1, 0.15) is 18.5 Å². The highest BCUT2D eigenvalue weighted by molar-refractivity contribution is 5.93. The summed E-state index contributed by atoms with van der Waals surface area (Å²) < 4.78 is 5.26. The molecule has 2 fully saturated rings. The van der Waals surface area contributed by atoms with Crippen LogP contribution in [-0.4, -0.2) is 67.7 Å². The molecule has 1 amide bonds. The Kier molecular flexibility index (Phi) is 5.66. The predicted octanol–water partition coefficient (Wildman–Crippen LogP) is 1.44. The maximum Gasteiger partial charge on any atom is 0.248 e. The number of hydrogen-bond donors (Lipinski definition) is 1. The minimum atomic E-state index is -0.0545. The minimum Gasteiger partial charge on any atom is -0.378 e. The van der Waals surface area contributed by atoms with Crippen molar-refractivity contribution in [2.75, 3.05) is 45.9 Å². The van der Waals surface area contributed by atoms with Gasteiger partial charge in [-0.05, 0) is 12.5 Å². The zero-order valence-electron chi connectivity index (χ0n) is 14.4. The van der Waals surface area contributed by atoms with Crippen molar-refractivity contribution in [3.63, 3.8) is 0 Å². The Morgan fingerprint density at radius 2 is 1.92 bits per heavy atom. The largest absolute Gasteiger partial charge is 0.378 e. The SMILES string of the molecule is C=C(CN1CCN(C2COC2)CC1)C(=O)NC(C)c1ccccc1. The number of rotatable bonds is 6. The summed E-state index contributed by atoms with van der Waals surface area (Å²) in [6, 6.07) is 10.6. The topological polar surface area (TPSA) is 44.8 Å². The lowest BCUT2D eigenvalue weighted by molar-refractivity contribution is -0.118. The number of carbonyl (C=O) groups excluding carboxylic acids is 1. The first kappa shape index (κ1) is 17.1. The van der Waals surface area contributed by atoms with Gasteiger partial charge in [-0.2, -0.15) is 0 Å². The fourth-order valence-electron chi connectivity index (χ4n) is 3.19. The van der Waals surface area contributed by atoms with E-state index in [9.17, 15) is 4.79 Å². The average molecular weight is 329 g/mol. The predicted molar refractivity (Wildman–Crippen MR) is 94.8 cm³/mol. The molecule has 24 heavy (non-hydrogen) atoms. The van der Waals surface area contributed by atoms with E-state index in [1.165, 1.54) is 0 Å². The van der Waals surface area contributed by atoms with Crippen LogP contribution < -0.4 is 5.32 Å². The van der Waals surface area contributed by atoms with Crippen LogP contribution in [0.4, 0.5) is 0 Å². The number of nitrogens with one attached hydrogen (secondary N) is 1. The van der Waals surface area contributed by atoms with Gasteiger partial charge in [-0.15, -0.1) is 0 Å². The molecule has 1 aromatic rings. The fraction of sp³-hybridized carbons (Fsp3) is 0.526. The van der Waals surface area contributed by atoms with Crippen molar-refractivity contribution in [2.45, 2.75) is 19.0 Å². The highest BCUT2D eigenvalue weighted by atomic mass is 16.5. The molecule has 0 spiro atoms. The Labute approximate surface area is 144 Å². The third-order valence-corrected chi connectivity index (χ3v) is 4.93. The summed E-state index contributed by atoms with van der Waals surface area (Å²) in [5, 5.41) is 3.04. The first-order valence-electron chi connectivity index (χ1n) is 8.71. The third-order valence-electron chi connectivity index (χ3n) is 4.93. The zero-order chi connectivity index (χ0) is 16.9. The van der Waals surface area contributed by atoms with Crippen LogP contribution in [0, 0.1) is 0 Å². The molecule has 1 atom stereocenters. The second kappa shape index (κ2) is 7.92. The summed E-state index contributed by atoms with van der Waals surface area (Å²) in [5.74, 6) is -0.0545. The summed E-state index contributed by atoms with van der Waals surface area (Å²) in [6.07, 6.45) is 0. The Morgan fingerprint density at radius 3 is 2.50 bits per heavy atom. The number of piperazine rings is 1. The van der Waals surface area contributed by atoms with E-state index in [-0.39, 0.29) is 11.9 Å². The van der Waals surface area contributed by atoms with E-state index in [1.54, 1.807) is 0 Å². The van der Waals surface area contributed by atoms with Crippen molar-refractivity contribution in [1.82, 2.24) is 15.1 Å². The molecule has 0 saturated carbocycles. The molecule has 1 unspecified atom stereocenters. The lowest BCUT2D eigenvalue weighted by atomic mass is 10.1. The molecule has 2 aliphatic rings. The van der Waals surface area contributed by atoms with Crippen LogP contribution in [0.2, 0.25) is 0 Å². The molecular weight excluding hydrogens is 302 g/mol. The maximum atomic E-state index is 12.4. The lowest BCUT2D eigenvalue weighted by Crippen LogP contribution is -2.56. The molecule has 0 radical (unpaired) electrons. The molecule has 1 N–H and O–H groups in total. The Balaban J connectivity index is 1.42. The van der Waals surface area contributed by atoms with Gasteiger partial charge < -0.3 is 10.1 Å². The van der Waals surface area contributed by atoms with Crippen molar-refractivity contribution in [1.29, 1.82) is 0 Å². The van der Waals surface area contributed by atoms with E-state index in [4.69, 9.17) is 4.74 Å². The van der Waals surface area contributed by atoms with Crippen molar-refractivity contribution >= 4 is 5.91 Å². The van der Waals surface area contributed by atoms with E-state index < -0.39 is 0 Å². The van der Waals surface area contributed by atoms with Gasteiger partial charge in [0.2, 0.25) is 5.91 Å². The van der Waals surface area contributed by atoms with Gasteiger partial charge in [0.15, 0.2) is 0 Å². The molecular formula is C19H27N3O2. The molecule has 2 saturated heterocycles. The lowest BCUT2D eigenvalue weighted by Gasteiger charge is -2.42. The maximum absolute atomic E-state index is 12.4. The number of hydrogen-bond acceptors (Lipinski definition) is 4. The van der Waals surface area contributed by atoms with Gasteiger partial charge >= 0.3 is 0 Å². The normalized spacial score (nSPS) is 21.0. The summed E-state index contributed by atoms with van der Waals surface area (Å²) in [7, 11) is 0. The third kappa shape index (κ3) is 4.23. The van der Waals surface area contributed by atoms with Crippen LogP contribution in [0.5, 0.6) is 0 Å². The van der Waals surface area contributed by atoms with Gasteiger partial charge in [-0.1, -0.05) is 36.9 Å². The number of benzene rings is 1. The number of nitrogens with zero attached hydrogens (tertiary/aromatic N) is 2. The van der Waals surface area contributed by atoms with Gasteiger partial charge in [-0.3, -0.25) is 14.6 Å². The second-order valence-corrected chi connectivity index (χ2v) is 6.71. The summed E-state index contributed by atoms with van der Waals surface area (Å²) >= 11 is 0. The number of amides is 1. The van der Waals surface area contributed by atoms with Gasteiger partial charge in [0.05, 0.1) is 25.3 Å². The summed E-state index contributed by atoms with van der Waals surface area (Å²) in [6.45, 7) is 12.4. The standard InChI is InChI=1S/C19H27N3O2/c1-15(19(23)20-16(2)17-6-4-3-5-7-17)12-21-8-10-22(11-9-21)18-13-24-14-18/h3-7,16,18H,1,8-14H2,2H3,(H,20,23). The minimum absolute atomic E-state index is 0.00841. The van der Waals surface area contributed by atoms with Crippen LogP contribution >= 0.6 is 0 Å². The molecule has 0 aliphatic carbocycles. The van der Waals surface area contributed by atoms with E-state index in [0.29, 0.717) is 18.2 Å². The summed E-state index contributed by atoms with van der Waals surface area (Å²) in [5.41, 5.74) is 1.74. The second-order valence-electron chi connectivity index (χ2n) is 6.71. The molecule has 5 heteroatoms. The van der Waals surface area contributed by atoms with E-state index in [2.05, 4.69) is 21.7 Å². The van der Waals surface area contributed by atoms with E-state index in [1.807, 2.05) is 37.3 Å². The molecule has 0 bridgehead atoms. The summed E-state index contributed by atoms with van der Waals surface area (Å²) in [4.78, 5) is 17.2. The van der Waals surface area contributed by atoms with Gasteiger partial charge in [0, 0.05) is 38.3 Å². The number of ether oxygens (including phenoxy) is 1. The molecule has 0 aromatic heterocycles. The molecule has 2 heterocycles. The van der Waals surface area contributed by atoms with Crippen molar-refractivity contribution in [3.05, 3.63) is 48.0 Å². The molecule has 130 valence electrons. The van der Waals surface area contributed by atoms with Crippen LogP contribution in [0.15, 0.2) is 42.5 Å². The van der Waals surface area contributed by atoms with Gasteiger partial charge in [0.25, 0.3) is 0 Å². The first-order chi connectivity index (χ1) is 11.6. The van der Waals surface area contributed by atoms with E-state index in [0.717, 1.165) is 45.0 Å². The quantitative estimate of drug-likeness (QED) is 0.802. The highest BCUT2D eigenvalue weighted by Gasteiger charge is 2.29. The Bertz CT molecular complexity index is 563. The van der Waals surface area contributed by atoms with E-state index >= 15 is 0 Å². The van der Waals surface area contributed by atoms with Gasteiger partial charge in [0.1, 0.15) is 0 Å². The van der Waals surface area contributed by atoms with Crippen LogP contribution in [-0.2, 0) is 9.53 Å². The Morgan fingerprint density at radius 1 is 1.25 bits per heavy atom. The van der Waals surface area contributed by atoms with Crippen LogP contribution in [0.25, 0.3) is 0 Å². The first-order valence-corrected chi connectivity index (χ1v) is 8.71. The molecule has 3 rings (SSSR count).